The minimum absolute atomic E-state index is 0.0127. The summed E-state index contributed by atoms with van der Waals surface area (Å²) in [7, 11) is 0. The average molecular weight is 537 g/mol. The molecule has 0 amide bonds. The van der Waals surface area contributed by atoms with Gasteiger partial charge in [-0.1, -0.05) is 26.8 Å². The fourth-order valence-corrected chi connectivity index (χ4v) is 5.53. The van der Waals surface area contributed by atoms with Gasteiger partial charge in [0.2, 0.25) is 5.95 Å². The van der Waals surface area contributed by atoms with Crippen LogP contribution in [-0.4, -0.2) is 52.1 Å². The van der Waals surface area contributed by atoms with Crippen molar-refractivity contribution < 1.29 is 13.5 Å². The minimum Gasteiger partial charge on any atom is -0.486 e. The van der Waals surface area contributed by atoms with Gasteiger partial charge in [-0.2, -0.15) is 0 Å². The number of piperidine rings is 1. The fraction of sp³-hybridized carbons (Fsp3) is 0.500. The molecule has 1 N–H and O–H groups in total. The van der Waals surface area contributed by atoms with E-state index in [-0.39, 0.29) is 23.4 Å². The first kappa shape index (κ1) is 27.2. The monoisotopic (exact) mass is 536 g/mol. The van der Waals surface area contributed by atoms with Crippen molar-refractivity contribution >= 4 is 17.5 Å². The zero-order chi connectivity index (χ0) is 27.7. The van der Waals surface area contributed by atoms with E-state index in [0.29, 0.717) is 35.6 Å². The maximum atomic E-state index is 15.0. The van der Waals surface area contributed by atoms with Crippen LogP contribution in [-0.2, 0) is 6.54 Å². The number of nitrogens with one attached hydrogen (secondary N) is 1. The number of nitrogens with zero attached hydrogens (tertiary/aromatic N) is 5. The second-order valence-electron chi connectivity index (χ2n) is 11.9. The molecule has 1 fully saturated rings. The molecule has 2 aromatic heterocycles. The number of fused-ring (bicyclic) bond motifs is 1. The molecule has 2 aliphatic heterocycles. The molecule has 5 rings (SSSR count). The van der Waals surface area contributed by atoms with Crippen molar-refractivity contribution in [2.75, 3.05) is 36.5 Å². The quantitative estimate of drug-likeness (QED) is 0.390. The molecule has 2 aliphatic rings. The van der Waals surface area contributed by atoms with E-state index < -0.39 is 11.6 Å². The van der Waals surface area contributed by atoms with Crippen LogP contribution in [0.3, 0.4) is 0 Å². The smallest absolute Gasteiger partial charge is 0.229 e. The largest absolute Gasteiger partial charge is 0.486 e. The predicted molar refractivity (Wildman–Crippen MR) is 150 cm³/mol. The Hall–Kier alpha value is -3.33. The number of rotatable bonds is 6. The van der Waals surface area contributed by atoms with Crippen LogP contribution in [0, 0.1) is 23.0 Å². The van der Waals surface area contributed by atoms with E-state index in [1.54, 1.807) is 6.07 Å². The lowest BCUT2D eigenvalue weighted by atomic mass is 9.75. The van der Waals surface area contributed by atoms with E-state index in [0.717, 1.165) is 37.3 Å². The number of halogens is 2. The first-order valence-electron chi connectivity index (χ1n) is 13.8. The standard InChI is InChI=1S/C30H38F2N6O/c1-19(2)38-12-13-39-28-23(31)14-21(15-25(28)38)27-24(32)17-34-29(36-27)35-26-7-6-20(16-33-26)18-37-10-8-22(9-11-37)30(3,4)5/h6-7,14-17,19,22H,8-13,18H2,1-5H3,(H,33,34,35,36). The van der Waals surface area contributed by atoms with Gasteiger partial charge in [0.15, 0.2) is 17.4 Å². The molecule has 4 heterocycles. The van der Waals surface area contributed by atoms with E-state index in [9.17, 15) is 8.78 Å². The predicted octanol–water partition coefficient (Wildman–Crippen LogP) is 6.43. The second kappa shape index (κ2) is 11.0. The number of aromatic nitrogens is 3. The molecule has 0 unspecified atom stereocenters. The first-order chi connectivity index (χ1) is 18.6. The Morgan fingerprint density at radius 1 is 1.03 bits per heavy atom. The summed E-state index contributed by atoms with van der Waals surface area (Å²) in [5.41, 5.74) is 2.43. The van der Waals surface area contributed by atoms with Gasteiger partial charge in [-0.3, -0.25) is 4.90 Å². The van der Waals surface area contributed by atoms with Gasteiger partial charge in [0.1, 0.15) is 18.1 Å². The zero-order valence-corrected chi connectivity index (χ0v) is 23.5. The molecule has 3 aromatic rings. The average Bonchev–Trinajstić information content (AvgIpc) is 2.90. The van der Waals surface area contributed by atoms with Gasteiger partial charge in [0.05, 0.1) is 18.4 Å². The summed E-state index contributed by atoms with van der Waals surface area (Å²) >= 11 is 0. The van der Waals surface area contributed by atoms with Crippen LogP contribution in [0.4, 0.5) is 26.2 Å². The molecule has 39 heavy (non-hydrogen) atoms. The third-order valence-corrected chi connectivity index (χ3v) is 7.84. The van der Waals surface area contributed by atoms with Crippen molar-refractivity contribution in [1.82, 2.24) is 19.9 Å². The lowest BCUT2D eigenvalue weighted by Gasteiger charge is -2.38. The van der Waals surface area contributed by atoms with Gasteiger partial charge in [-0.15, -0.1) is 0 Å². The van der Waals surface area contributed by atoms with Crippen molar-refractivity contribution in [3.05, 3.63) is 53.9 Å². The van der Waals surface area contributed by atoms with Crippen molar-refractivity contribution in [2.45, 2.75) is 60.0 Å². The summed E-state index contributed by atoms with van der Waals surface area (Å²) in [6.07, 6.45) is 5.38. The molecule has 1 aromatic carbocycles. The Morgan fingerprint density at radius 3 is 2.46 bits per heavy atom. The van der Waals surface area contributed by atoms with Crippen molar-refractivity contribution in [1.29, 1.82) is 0 Å². The molecule has 7 nitrogen and oxygen atoms in total. The Kier molecular flexibility index (Phi) is 7.71. The SMILES string of the molecule is CC(C)N1CCOc2c(F)cc(-c3nc(Nc4ccc(CN5CCC(C(C)(C)C)CC5)cn4)ncc3F)cc21. The van der Waals surface area contributed by atoms with Crippen molar-refractivity contribution in [3.63, 3.8) is 0 Å². The lowest BCUT2D eigenvalue weighted by Crippen LogP contribution is -2.38. The summed E-state index contributed by atoms with van der Waals surface area (Å²) in [6.45, 7) is 15.1. The number of benzene rings is 1. The van der Waals surface area contributed by atoms with Gasteiger partial charge in [0.25, 0.3) is 0 Å². The molecular formula is C30H38F2N6O. The summed E-state index contributed by atoms with van der Waals surface area (Å²) in [6, 6.07) is 7.04. The van der Waals surface area contributed by atoms with Crippen LogP contribution < -0.4 is 15.0 Å². The molecular weight excluding hydrogens is 498 g/mol. The Bertz CT molecular complexity index is 1300. The van der Waals surface area contributed by atoms with Gasteiger partial charge in [0, 0.05) is 24.3 Å². The molecule has 1 saturated heterocycles. The normalized spacial score (nSPS) is 16.8. The van der Waals surface area contributed by atoms with Gasteiger partial charge < -0.3 is 15.0 Å². The summed E-state index contributed by atoms with van der Waals surface area (Å²) < 4.78 is 35.4. The number of ether oxygens (including phenoxy) is 1. The number of anilines is 3. The van der Waals surface area contributed by atoms with Gasteiger partial charge in [-0.25, -0.2) is 23.7 Å². The highest BCUT2D eigenvalue weighted by molar-refractivity contribution is 5.73. The van der Waals surface area contributed by atoms with Crippen LogP contribution >= 0.6 is 0 Å². The topological polar surface area (TPSA) is 66.4 Å². The van der Waals surface area contributed by atoms with Crippen LogP contribution in [0.15, 0.2) is 36.7 Å². The van der Waals surface area contributed by atoms with Crippen LogP contribution in [0.1, 0.15) is 53.0 Å². The molecule has 0 saturated carbocycles. The second-order valence-corrected chi connectivity index (χ2v) is 11.9. The van der Waals surface area contributed by atoms with Gasteiger partial charge >= 0.3 is 0 Å². The van der Waals surface area contributed by atoms with E-state index in [2.05, 4.69) is 45.9 Å². The Morgan fingerprint density at radius 2 is 1.79 bits per heavy atom. The molecule has 9 heteroatoms. The molecule has 0 aliphatic carbocycles. The summed E-state index contributed by atoms with van der Waals surface area (Å²) in [5, 5.41) is 3.06. The molecule has 0 spiro atoms. The lowest BCUT2D eigenvalue weighted by molar-refractivity contribution is 0.108. The minimum atomic E-state index is -0.633. The van der Waals surface area contributed by atoms with Crippen LogP contribution in [0.5, 0.6) is 5.75 Å². The summed E-state index contributed by atoms with van der Waals surface area (Å²) in [5.74, 6) is 0.518. The van der Waals surface area contributed by atoms with E-state index >= 15 is 0 Å². The number of hydrogen-bond acceptors (Lipinski definition) is 7. The number of pyridine rings is 1. The van der Waals surface area contributed by atoms with E-state index in [1.165, 1.54) is 18.9 Å². The van der Waals surface area contributed by atoms with Crippen LogP contribution in [0.2, 0.25) is 0 Å². The number of hydrogen-bond donors (Lipinski definition) is 1. The molecule has 0 radical (unpaired) electrons. The number of likely N-dealkylation sites (tertiary alicyclic amines) is 1. The zero-order valence-electron chi connectivity index (χ0n) is 23.5. The summed E-state index contributed by atoms with van der Waals surface area (Å²) in [4.78, 5) is 17.5. The maximum absolute atomic E-state index is 15.0. The molecule has 208 valence electrons. The third-order valence-electron chi connectivity index (χ3n) is 7.84. The fourth-order valence-electron chi connectivity index (χ4n) is 5.53. The van der Waals surface area contributed by atoms with Gasteiger partial charge in [-0.05, 0) is 74.9 Å². The third kappa shape index (κ3) is 6.13. The maximum Gasteiger partial charge on any atom is 0.229 e. The van der Waals surface area contributed by atoms with E-state index in [1.807, 2.05) is 37.1 Å². The molecule has 0 atom stereocenters. The van der Waals surface area contributed by atoms with Crippen molar-refractivity contribution in [3.8, 4) is 17.0 Å². The molecule has 0 bridgehead atoms. The Labute approximate surface area is 229 Å². The van der Waals surface area contributed by atoms with E-state index in [4.69, 9.17) is 4.74 Å². The highest BCUT2D eigenvalue weighted by Crippen LogP contribution is 2.39. The van der Waals surface area contributed by atoms with Crippen molar-refractivity contribution in [2.24, 2.45) is 11.3 Å². The highest BCUT2D eigenvalue weighted by atomic mass is 19.1. The Balaban J connectivity index is 1.29. The highest BCUT2D eigenvalue weighted by Gasteiger charge is 2.29. The first-order valence-corrected chi connectivity index (χ1v) is 13.8. The van der Waals surface area contributed by atoms with Crippen LogP contribution in [0.25, 0.3) is 11.3 Å².